The zero-order chi connectivity index (χ0) is 14.0. The number of rotatable bonds is 3. The molecule has 1 aromatic rings. The fourth-order valence-corrected chi connectivity index (χ4v) is 2.42. The zero-order valence-electron chi connectivity index (χ0n) is 11.6. The lowest BCUT2D eigenvalue weighted by Crippen LogP contribution is -2.42. The summed E-state index contributed by atoms with van der Waals surface area (Å²) in [6, 6.07) is 2.38. The van der Waals surface area contributed by atoms with E-state index >= 15 is 0 Å². The highest BCUT2D eigenvalue weighted by Crippen LogP contribution is 2.23. The van der Waals surface area contributed by atoms with Crippen molar-refractivity contribution >= 4 is 11.5 Å². The Balaban J connectivity index is 2.07. The van der Waals surface area contributed by atoms with Crippen LogP contribution in [0, 0.1) is 17.0 Å². The van der Waals surface area contributed by atoms with E-state index in [0.717, 1.165) is 19.4 Å². The SMILES string of the molecule is Cc1cnc(NC2CCN(C)C(C)C2)cc1[N+](=O)[O-]. The number of hydrogen-bond acceptors (Lipinski definition) is 5. The second kappa shape index (κ2) is 5.52. The molecule has 6 heteroatoms. The van der Waals surface area contributed by atoms with Gasteiger partial charge < -0.3 is 10.2 Å². The Morgan fingerprint density at radius 1 is 1.58 bits per heavy atom. The van der Waals surface area contributed by atoms with Crippen molar-refractivity contribution in [1.29, 1.82) is 0 Å². The van der Waals surface area contributed by atoms with E-state index in [1.165, 1.54) is 6.07 Å². The Hall–Kier alpha value is -1.69. The van der Waals surface area contributed by atoms with Gasteiger partial charge in [-0.25, -0.2) is 4.98 Å². The van der Waals surface area contributed by atoms with Gasteiger partial charge in [-0.1, -0.05) is 0 Å². The number of hydrogen-bond donors (Lipinski definition) is 1. The van der Waals surface area contributed by atoms with E-state index < -0.39 is 0 Å². The molecule has 0 radical (unpaired) electrons. The van der Waals surface area contributed by atoms with Crippen LogP contribution in [0.5, 0.6) is 0 Å². The van der Waals surface area contributed by atoms with Gasteiger partial charge in [0.05, 0.1) is 11.0 Å². The fourth-order valence-electron chi connectivity index (χ4n) is 2.42. The lowest BCUT2D eigenvalue weighted by molar-refractivity contribution is -0.385. The summed E-state index contributed by atoms with van der Waals surface area (Å²) in [5, 5.41) is 14.2. The van der Waals surface area contributed by atoms with Crippen LogP contribution < -0.4 is 5.32 Å². The standard InChI is InChI=1S/C13H20N4O2/c1-9-8-14-13(7-12(9)17(18)19)15-11-4-5-16(3)10(2)6-11/h7-8,10-11H,4-6H2,1-3H3,(H,14,15). The molecule has 1 aliphatic rings. The van der Waals surface area contributed by atoms with Gasteiger partial charge in [-0.3, -0.25) is 10.1 Å². The highest BCUT2D eigenvalue weighted by Gasteiger charge is 2.23. The molecule has 0 amide bonds. The summed E-state index contributed by atoms with van der Waals surface area (Å²) in [6.45, 7) is 4.93. The minimum atomic E-state index is -0.362. The Morgan fingerprint density at radius 3 is 2.95 bits per heavy atom. The van der Waals surface area contributed by atoms with Gasteiger partial charge in [0.25, 0.3) is 5.69 Å². The van der Waals surface area contributed by atoms with Gasteiger partial charge in [-0.15, -0.1) is 0 Å². The molecular weight excluding hydrogens is 244 g/mol. The monoisotopic (exact) mass is 264 g/mol. The minimum Gasteiger partial charge on any atom is -0.367 e. The summed E-state index contributed by atoms with van der Waals surface area (Å²) in [5.74, 6) is 0.596. The molecule has 0 saturated carbocycles. The molecule has 6 nitrogen and oxygen atoms in total. The van der Waals surface area contributed by atoms with Crippen molar-refractivity contribution in [2.75, 3.05) is 18.9 Å². The molecule has 1 aliphatic heterocycles. The average molecular weight is 264 g/mol. The second-order valence-corrected chi connectivity index (χ2v) is 5.31. The molecule has 104 valence electrons. The summed E-state index contributed by atoms with van der Waals surface area (Å²) in [4.78, 5) is 17.1. The first kappa shape index (κ1) is 13.7. The van der Waals surface area contributed by atoms with Gasteiger partial charge in [-0.05, 0) is 33.7 Å². The molecule has 2 rings (SSSR count). The molecule has 2 unspecified atom stereocenters. The highest BCUT2D eigenvalue weighted by molar-refractivity contribution is 5.49. The van der Waals surface area contributed by atoms with Gasteiger partial charge in [-0.2, -0.15) is 0 Å². The van der Waals surface area contributed by atoms with Crippen molar-refractivity contribution in [2.45, 2.75) is 38.8 Å². The van der Waals surface area contributed by atoms with Gasteiger partial charge in [0, 0.05) is 30.4 Å². The number of aryl methyl sites for hydroxylation is 1. The number of nitro groups is 1. The van der Waals surface area contributed by atoms with Crippen LogP contribution in [0.25, 0.3) is 0 Å². The van der Waals surface area contributed by atoms with Crippen molar-refractivity contribution < 1.29 is 4.92 Å². The summed E-state index contributed by atoms with van der Waals surface area (Å²) < 4.78 is 0. The molecule has 2 heterocycles. The van der Waals surface area contributed by atoms with E-state index in [4.69, 9.17) is 0 Å². The predicted molar refractivity (Wildman–Crippen MR) is 74.4 cm³/mol. The van der Waals surface area contributed by atoms with Gasteiger partial charge >= 0.3 is 0 Å². The Labute approximate surface area is 113 Å². The number of nitrogens with zero attached hydrogens (tertiary/aromatic N) is 3. The Morgan fingerprint density at radius 2 is 2.32 bits per heavy atom. The summed E-state index contributed by atoms with van der Waals surface area (Å²) in [7, 11) is 2.12. The van der Waals surface area contributed by atoms with E-state index in [2.05, 4.69) is 29.2 Å². The molecule has 0 spiro atoms. The number of likely N-dealkylation sites (tertiary alicyclic amines) is 1. The third-order valence-corrected chi connectivity index (χ3v) is 3.83. The molecule has 1 N–H and O–H groups in total. The lowest BCUT2D eigenvalue weighted by atomic mass is 9.99. The van der Waals surface area contributed by atoms with Crippen molar-refractivity contribution in [3.8, 4) is 0 Å². The normalized spacial score (nSPS) is 24.2. The Kier molecular flexibility index (Phi) is 3.99. The average Bonchev–Trinajstić information content (AvgIpc) is 2.36. The van der Waals surface area contributed by atoms with Crippen LogP contribution in [0.1, 0.15) is 25.3 Å². The van der Waals surface area contributed by atoms with Crippen LogP contribution in [0.4, 0.5) is 11.5 Å². The highest BCUT2D eigenvalue weighted by atomic mass is 16.6. The number of anilines is 1. The van der Waals surface area contributed by atoms with Crippen molar-refractivity contribution in [1.82, 2.24) is 9.88 Å². The van der Waals surface area contributed by atoms with Gasteiger partial charge in [0.1, 0.15) is 5.82 Å². The topological polar surface area (TPSA) is 71.3 Å². The van der Waals surface area contributed by atoms with Gasteiger partial charge in [0.15, 0.2) is 0 Å². The van der Waals surface area contributed by atoms with E-state index in [9.17, 15) is 10.1 Å². The molecule has 1 aromatic heterocycles. The first-order chi connectivity index (χ1) is 8.97. The Bertz CT molecular complexity index is 478. The maximum atomic E-state index is 10.9. The van der Waals surface area contributed by atoms with E-state index in [-0.39, 0.29) is 10.6 Å². The molecule has 0 aliphatic carbocycles. The van der Waals surface area contributed by atoms with E-state index in [1.807, 2.05) is 0 Å². The molecule has 0 bridgehead atoms. The number of nitrogens with one attached hydrogen (secondary N) is 1. The van der Waals surface area contributed by atoms with Crippen molar-refractivity contribution in [2.24, 2.45) is 0 Å². The van der Waals surface area contributed by atoms with E-state index in [0.29, 0.717) is 23.5 Å². The molecule has 1 saturated heterocycles. The summed E-state index contributed by atoms with van der Waals surface area (Å²) in [6.07, 6.45) is 3.61. The first-order valence-corrected chi connectivity index (χ1v) is 6.55. The number of pyridine rings is 1. The van der Waals surface area contributed by atoms with Crippen LogP contribution in [0.15, 0.2) is 12.3 Å². The molecular formula is C13H20N4O2. The summed E-state index contributed by atoms with van der Waals surface area (Å²) >= 11 is 0. The van der Waals surface area contributed by atoms with Crippen molar-refractivity contribution in [3.63, 3.8) is 0 Å². The quantitative estimate of drug-likeness (QED) is 0.669. The van der Waals surface area contributed by atoms with Crippen LogP contribution in [0.3, 0.4) is 0 Å². The fraction of sp³-hybridized carbons (Fsp3) is 0.615. The zero-order valence-corrected chi connectivity index (χ0v) is 11.6. The molecule has 19 heavy (non-hydrogen) atoms. The molecule has 0 aromatic carbocycles. The lowest BCUT2D eigenvalue weighted by Gasteiger charge is -2.35. The third kappa shape index (κ3) is 3.20. The number of piperidine rings is 1. The number of aromatic nitrogens is 1. The van der Waals surface area contributed by atoms with Crippen LogP contribution in [0.2, 0.25) is 0 Å². The van der Waals surface area contributed by atoms with Crippen LogP contribution >= 0.6 is 0 Å². The van der Waals surface area contributed by atoms with Crippen molar-refractivity contribution in [3.05, 3.63) is 27.9 Å². The van der Waals surface area contributed by atoms with E-state index in [1.54, 1.807) is 13.1 Å². The maximum Gasteiger partial charge on any atom is 0.277 e. The molecule has 1 fully saturated rings. The van der Waals surface area contributed by atoms with Crippen LogP contribution in [-0.2, 0) is 0 Å². The summed E-state index contributed by atoms with van der Waals surface area (Å²) in [5.41, 5.74) is 0.714. The largest absolute Gasteiger partial charge is 0.367 e. The van der Waals surface area contributed by atoms with Crippen LogP contribution in [-0.4, -0.2) is 40.5 Å². The smallest absolute Gasteiger partial charge is 0.277 e. The maximum absolute atomic E-state index is 10.9. The third-order valence-electron chi connectivity index (χ3n) is 3.83. The second-order valence-electron chi connectivity index (χ2n) is 5.31. The predicted octanol–water partition coefficient (Wildman–Crippen LogP) is 2.19. The first-order valence-electron chi connectivity index (χ1n) is 6.55. The molecule has 2 atom stereocenters. The minimum absolute atomic E-state index is 0.124. The van der Waals surface area contributed by atoms with Gasteiger partial charge in [0.2, 0.25) is 0 Å².